The van der Waals surface area contributed by atoms with Gasteiger partial charge in [-0.3, -0.25) is 19.3 Å². The summed E-state index contributed by atoms with van der Waals surface area (Å²) in [5.74, 6) is -1.56. The summed E-state index contributed by atoms with van der Waals surface area (Å²) in [4.78, 5) is 36.5. The predicted octanol–water partition coefficient (Wildman–Crippen LogP) is -2.61. The first-order chi connectivity index (χ1) is 8.72. The lowest BCUT2D eigenvalue weighted by Gasteiger charge is -2.22. The van der Waals surface area contributed by atoms with Crippen molar-refractivity contribution >= 4 is 34.9 Å². The Labute approximate surface area is 116 Å². The topological polar surface area (TPSA) is 136 Å². The van der Waals surface area contributed by atoms with E-state index in [2.05, 4.69) is 0 Å². The SMILES string of the molecule is CN(CCC(N)=S)C(=O)CN(CC(N)=O)CC(N)=O. The van der Waals surface area contributed by atoms with Crippen molar-refractivity contribution in [2.24, 2.45) is 17.2 Å². The number of nitrogens with two attached hydrogens (primary N) is 3. The van der Waals surface area contributed by atoms with Gasteiger partial charge in [-0.15, -0.1) is 0 Å². The van der Waals surface area contributed by atoms with Crippen molar-refractivity contribution in [3.8, 4) is 0 Å². The zero-order valence-electron chi connectivity index (χ0n) is 10.8. The van der Waals surface area contributed by atoms with Gasteiger partial charge in [0.1, 0.15) is 0 Å². The molecule has 0 saturated heterocycles. The van der Waals surface area contributed by atoms with E-state index < -0.39 is 11.8 Å². The Hall–Kier alpha value is -1.74. The van der Waals surface area contributed by atoms with Crippen molar-refractivity contribution < 1.29 is 14.4 Å². The Balaban J connectivity index is 4.39. The third-order valence-electron chi connectivity index (χ3n) is 2.24. The second-order valence-electron chi connectivity index (χ2n) is 4.11. The zero-order chi connectivity index (χ0) is 15.0. The molecule has 0 heterocycles. The molecular weight excluding hydrogens is 270 g/mol. The van der Waals surface area contributed by atoms with Crippen LogP contribution in [0.5, 0.6) is 0 Å². The van der Waals surface area contributed by atoms with Gasteiger partial charge in [-0.1, -0.05) is 12.2 Å². The van der Waals surface area contributed by atoms with Crippen LogP contribution in [0.1, 0.15) is 6.42 Å². The number of rotatable bonds is 9. The molecule has 0 bridgehead atoms. The fourth-order valence-electron chi connectivity index (χ4n) is 1.32. The first-order valence-electron chi connectivity index (χ1n) is 5.53. The molecule has 6 N–H and O–H groups in total. The molecule has 0 aromatic carbocycles. The average molecular weight is 289 g/mol. The Morgan fingerprint density at radius 3 is 1.84 bits per heavy atom. The summed E-state index contributed by atoms with van der Waals surface area (Å²) in [5.41, 5.74) is 15.4. The summed E-state index contributed by atoms with van der Waals surface area (Å²) in [6, 6.07) is 0. The van der Waals surface area contributed by atoms with E-state index in [1.807, 2.05) is 0 Å². The Morgan fingerprint density at radius 1 is 1.00 bits per heavy atom. The molecule has 0 rings (SSSR count). The summed E-state index contributed by atoms with van der Waals surface area (Å²) < 4.78 is 0. The monoisotopic (exact) mass is 289 g/mol. The van der Waals surface area contributed by atoms with Gasteiger partial charge in [-0.05, 0) is 0 Å². The molecule has 3 amide bonds. The van der Waals surface area contributed by atoms with Crippen LogP contribution in [0.4, 0.5) is 0 Å². The standard InChI is InChI=1S/C10H19N5O3S/c1-14(3-2-9(13)19)10(18)6-15(4-7(11)16)5-8(12)17/h2-6H2,1H3,(H2,11,16)(H2,12,17)(H2,13,19). The van der Waals surface area contributed by atoms with Crippen LogP contribution in [0.15, 0.2) is 0 Å². The second kappa shape index (κ2) is 8.38. The van der Waals surface area contributed by atoms with Gasteiger partial charge < -0.3 is 22.1 Å². The molecule has 9 heteroatoms. The van der Waals surface area contributed by atoms with E-state index >= 15 is 0 Å². The molecule has 0 saturated carbocycles. The van der Waals surface area contributed by atoms with Crippen LogP contribution in [0, 0.1) is 0 Å². The molecular formula is C10H19N5O3S. The molecule has 0 fully saturated rings. The minimum atomic E-state index is -0.639. The van der Waals surface area contributed by atoms with E-state index in [-0.39, 0.29) is 25.5 Å². The van der Waals surface area contributed by atoms with Crippen molar-refractivity contribution in [1.29, 1.82) is 0 Å². The third kappa shape index (κ3) is 8.91. The number of primary amides is 2. The molecule has 8 nitrogen and oxygen atoms in total. The van der Waals surface area contributed by atoms with E-state index in [0.29, 0.717) is 18.0 Å². The van der Waals surface area contributed by atoms with Gasteiger partial charge in [0.15, 0.2) is 0 Å². The van der Waals surface area contributed by atoms with E-state index in [4.69, 9.17) is 29.4 Å². The molecule has 0 aromatic heterocycles. The van der Waals surface area contributed by atoms with Gasteiger partial charge >= 0.3 is 0 Å². The lowest BCUT2D eigenvalue weighted by molar-refractivity contribution is -0.132. The van der Waals surface area contributed by atoms with Crippen molar-refractivity contribution in [3.63, 3.8) is 0 Å². The molecule has 0 radical (unpaired) electrons. The molecule has 108 valence electrons. The number of likely N-dealkylation sites (N-methyl/N-ethyl adjacent to an activating group) is 1. The van der Waals surface area contributed by atoms with Crippen molar-refractivity contribution in [3.05, 3.63) is 0 Å². The van der Waals surface area contributed by atoms with E-state index in [0.717, 1.165) is 0 Å². The molecule has 0 aliphatic rings. The van der Waals surface area contributed by atoms with Gasteiger partial charge in [0.05, 0.1) is 24.6 Å². The van der Waals surface area contributed by atoms with Crippen molar-refractivity contribution in [2.45, 2.75) is 6.42 Å². The molecule has 0 aliphatic carbocycles. The lowest BCUT2D eigenvalue weighted by Crippen LogP contribution is -2.45. The van der Waals surface area contributed by atoms with Gasteiger partial charge in [0.2, 0.25) is 17.7 Å². The molecule has 0 atom stereocenters. The van der Waals surface area contributed by atoms with Crippen LogP contribution in [0.2, 0.25) is 0 Å². The highest BCUT2D eigenvalue weighted by atomic mass is 32.1. The molecule has 0 aliphatic heterocycles. The number of carbonyl (C=O) groups is 3. The second-order valence-corrected chi connectivity index (χ2v) is 4.63. The highest BCUT2D eigenvalue weighted by Gasteiger charge is 2.17. The Bertz CT molecular complexity index is 358. The summed E-state index contributed by atoms with van der Waals surface area (Å²) >= 11 is 4.71. The summed E-state index contributed by atoms with van der Waals surface area (Å²) in [5, 5.41) is 0. The number of carbonyl (C=O) groups excluding carboxylic acids is 3. The van der Waals surface area contributed by atoms with E-state index in [1.165, 1.54) is 9.80 Å². The van der Waals surface area contributed by atoms with Crippen LogP contribution in [0.25, 0.3) is 0 Å². The fourth-order valence-corrected chi connectivity index (χ4v) is 1.41. The number of thiocarbonyl (C=S) groups is 1. The van der Waals surface area contributed by atoms with Crippen LogP contribution in [0.3, 0.4) is 0 Å². The molecule has 0 spiro atoms. The lowest BCUT2D eigenvalue weighted by atomic mass is 10.3. The number of hydrogen-bond acceptors (Lipinski definition) is 5. The molecule has 0 aromatic rings. The van der Waals surface area contributed by atoms with Crippen molar-refractivity contribution in [2.75, 3.05) is 33.2 Å². The van der Waals surface area contributed by atoms with Gasteiger partial charge in [-0.25, -0.2) is 0 Å². The fraction of sp³-hybridized carbons (Fsp3) is 0.600. The minimum absolute atomic E-state index is 0.125. The average Bonchev–Trinajstić information content (AvgIpc) is 2.23. The normalized spacial score (nSPS) is 10.2. The maximum atomic E-state index is 11.8. The highest BCUT2D eigenvalue weighted by Crippen LogP contribution is 1.94. The number of nitrogens with zero attached hydrogens (tertiary/aromatic N) is 2. The highest BCUT2D eigenvalue weighted by molar-refractivity contribution is 7.80. The number of hydrogen-bond donors (Lipinski definition) is 3. The van der Waals surface area contributed by atoms with E-state index in [1.54, 1.807) is 7.05 Å². The molecule has 19 heavy (non-hydrogen) atoms. The van der Waals surface area contributed by atoms with Crippen molar-refractivity contribution in [1.82, 2.24) is 9.80 Å². The summed E-state index contributed by atoms with van der Waals surface area (Å²) in [7, 11) is 1.58. The summed E-state index contributed by atoms with van der Waals surface area (Å²) in [6.07, 6.45) is 0.406. The predicted molar refractivity (Wildman–Crippen MR) is 73.9 cm³/mol. The van der Waals surface area contributed by atoms with Crippen LogP contribution >= 0.6 is 12.2 Å². The maximum Gasteiger partial charge on any atom is 0.236 e. The first-order valence-corrected chi connectivity index (χ1v) is 5.94. The van der Waals surface area contributed by atoms with Gasteiger partial charge in [0.25, 0.3) is 0 Å². The van der Waals surface area contributed by atoms with Crippen LogP contribution in [-0.4, -0.2) is 65.7 Å². The zero-order valence-corrected chi connectivity index (χ0v) is 11.6. The smallest absolute Gasteiger partial charge is 0.236 e. The largest absolute Gasteiger partial charge is 0.393 e. The minimum Gasteiger partial charge on any atom is -0.393 e. The maximum absolute atomic E-state index is 11.8. The Morgan fingerprint density at radius 2 is 1.47 bits per heavy atom. The molecule has 0 unspecified atom stereocenters. The van der Waals surface area contributed by atoms with Crippen LogP contribution in [-0.2, 0) is 14.4 Å². The van der Waals surface area contributed by atoms with E-state index in [9.17, 15) is 14.4 Å². The van der Waals surface area contributed by atoms with Gasteiger partial charge in [-0.2, -0.15) is 0 Å². The number of amides is 3. The summed E-state index contributed by atoms with van der Waals surface area (Å²) in [6.45, 7) is -0.176. The first kappa shape index (κ1) is 17.3. The van der Waals surface area contributed by atoms with Gasteiger partial charge in [0, 0.05) is 20.0 Å². The third-order valence-corrected chi connectivity index (χ3v) is 2.44. The van der Waals surface area contributed by atoms with Crippen LogP contribution < -0.4 is 17.2 Å². The quantitative estimate of drug-likeness (QED) is 0.398. The Kier molecular flexibility index (Phi) is 7.61.